The molecule has 1 heterocycles. The summed E-state index contributed by atoms with van der Waals surface area (Å²) < 4.78 is 0. The van der Waals surface area contributed by atoms with Gasteiger partial charge in [0.1, 0.15) is 0 Å². The van der Waals surface area contributed by atoms with E-state index in [1.807, 2.05) is 0 Å². The van der Waals surface area contributed by atoms with Crippen molar-refractivity contribution in [3.63, 3.8) is 0 Å². The third kappa shape index (κ3) is 2.92. The van der Waals surface area contributed by atoms with Gasteiger partial charge in [-0.15, -0.1) is 0 Å². The summed E-state index contributed by atoms with van der Waals surface area (Å²) in [4.78, 5) is 14.7. The van der Waals surface area contributed by atoms with Crippen LogP contribution in [0.3, 0.4) is 0 Å². The Morgan fingerprint density at radius 2 is 2.27 bits per heavy atom. The lowest BCUT2D eigenvalue weighted by molar-refractivity contribution is 0.0697. The van der Waals surface area contributed by atoms with E-state index in [0.717, 1.165) is 0 Å². The topological polar surface area (TPSA) is 82.5 Å². The number of anilines is 1. The van der Waals surface area contributed by atoms with Crippen LogP contribution in [0.25, 0.3) is 0 Å². The molecule has 5 nitrogen and oxygen atoms in total. The lowest BCUT2D eigenvalue weighted by Crippen LogP contribution is -2.35. The number of hydrogen-bond acceptors (Lipinski definition) is 4. The first kappa shape index (κ1) is 11.5. The van der Waals surface area contributed by atoms with Crippen molar-refractivity contribution in [1.29, 1.82) is 0 Å². The fourth-order valence-corrected chi connectivity index (χ4v) is 1.08. The minimum atomic E-state index is -1.02. The number of carbonyl (C=O) groups is 1. The van der Waals surface area contributed by atoms with E-state index >= 15 is 0 Å². The molecule has 1 aromatic heterocycles. The molecule has 0 spiro atoms. The van der Waals surface area contributed by atoms with Gasteiger partial charge in [0.05, 0.1) is 29.6 Å². The summed E-state index contributed by atoms with van der Waals surface area (Å²) in [6.07, 6.45) is 2.85. The Kier molecular flexibility index (Phi) is 3.26. The van der Waals surface area contributed by atoms with E-state index in [0.29, 0.717) is 5.69 Å². The van der Waals surface area contributed by atoms with E-state index in [9.17, 15) is 4.79 Å². The summed E-state index contributed by atoms with van der Waals surface area (Å²) in [5.41, 5.74) is -0.0247. The number of nitrogens with zero attached hydrogens (tertiary/aromatic N) is 1. The van der Waals surface area contributed by atoms with Gasteiger partial charge in [-0.05, 0) is 19.9 Å². The van der Waals surface area contributed by atoms with Crippen molar-refractivity contribution in [2.24, 2.45) is 0 Å². The summed E-state index contributed by atoms with van der Waals surface area (Å²) in [6.45, 7) is 3.44. The van der Waals surface area contributed by atoms with Crippen LogP contribution in [0.15, 0.2) is 18.5 Å². The Balaban J connectivity index is 2.99. The Morgan fingerprint density at radius 1 is 1.60 bits per heavy atom. The van der Waals surface area contributed by atoms with Crippen LogP contribution in [0, 0.1) is 0 Å². The Bertz CT molecular complexity index is 363. The van der Waals surface area contributed by atoms with E-state index in [-0.39, 0.29) is 12.2 Å². The molecule has 0 aliphatic rings. The molecule has 0 amide bonds. The maximum atomic E-state index is 10.9. The minimum Gasteiger partial charge on any atom is -0.478 e. The highest BCUT2D eigenvalue weighted by atomic mass is 16.4. The third-order valence-corrected chi connectivity index (χ3v) is 1.92. The van der Waals surface area contributed by atoms with E-state index in [1.165, 1.54) is 18.5 Å². The fraction of sp³-hybridized carbons (Fsp3) is 0.400. The van der Waals surface area contributed by atoms with Gasteiger partial charge in [0.15, 0.2) is 0 Å². The number of aromatic nitrogens is 1. The summed E-state index contributed by atoms with van der Waals surface area (Å²) >= 11 is 0. The normalized spacial score (nSPS) is 11.1. The maximum absolute atomic E-state index is 10.9. The van der Waals surface area contributed by atoms with E-state index in [4.69, 9.17) is 10.2 Å². The summed E-state index contributed by atoms with van der Waals surface area (Å²) in [5.74, 6) is -1.02. The molecule has 15 heavy (non-hydrogen) atoms. The van der Waals surface area contributed by atoms with Gasteiger partial charge in [-0.2, -0.15) is 0 Å². The van der Waals surface area contributed by atoms with E-state index in [2.05, 4.69) is 10.3 Å². The predicted molar refractivity (Wildman–Crippen MR) is 56.0 cm³/mol. The molecule has 0 aliphatic carbocycles. The number of pyridine rings is 1. The van der Waals surface area contributed by atoms with Crippen LogP contribution in [0.2, 0.25) is 0 Å². The van der Waals surface area contributed by atoms with Gasteiger partial charge in [0, 0.05) is 6.20 Å². The zero-order chi connectivity index (χ0) is 11.5. The van der Waals surface area contributed by atoms with Gasteiger partial charge in [0.2, 0.25) is 0 Å². The fourth-order valence-electron chi connectivity index (χ4n) is 1.08. The van der Waals surface area contributed by atoms with Crippen LogP contribution in [-0.2, 0) is 0 Å². The number of carboxylic acid groups (broad SMARTS) is 1. The highest BCUT2D eigenvalue weighted by Gasteiger charge is 2.19. The van der Waals surface area contributed by atoms with Crippen LogP contribution in [0.4, 0.5) is 5.69 Å². The number of aromatic carboxylic acids is 1. The molecule has 0 unspecified atom stereocenters. The van der Waals surface area contributed by atoms with Gasteiger partial charge in [-0.25, -0.2) is 4.79 Å². The quantitative estimate of drug-likeness (QED) is 0.689. The van der Waals surface area contributed by atoms with Crippen molar-refractivity contribution in [2.45, 2.75) is 19.4 Å². The monoisotopic (exact) mass is 210 g/mol. The van der Waals surface area contributed by atoms with Crippen LogP contribution in [0.1, 0.15) is 24.2 Å². The van der Waals surface area contributed by atoms with Gasteiger partial charge in [-0.1, -0.05) is 0 Å². The maximum Gasteiger partial charge on any atom is 0.337 e. The molecular weight excluding hydrogens is 196 g/mol. The molecule has 1 rings (SSSR count). The molecule has 0 saturated heterocycles. The second-order valence-corrected chi connectivity index (χ2v) is 3.89. The molecule has 0 aliphatic heterocycles. The predicted octanol–water partition coefficient (Wildman–Crippen LogP) is 0.963. The number of nitrogens with one attached hydrogen (secondary N) is 1. The third-order valence-electron chi connectivity index (χ3n) is 1.92. The molecule has 0 fully saturated rings. The van der Waals surface area contributed by atoms with Crippen molar-refractivity contribution in [2.75, 3.05) is 11.9 Å². The first-order chi connectivity index (χ1) is 6.96. The smallest absolute Gasteiger partial charge is 0.337 e. The molecule has 3 N–H and O–H groups in total. The Morgan fingerprint density at radius 3 is 2.80 bits per heavy atom. The minimum absolute atomic E-state index is 0.0963. The summed E-state index contributed by atoms with van der Waals surface area (Å²) in [7, 11) is 0. The Labute approximate surface area is 87.8 Å². The highest BCUT2D eigenvalue weighted by molar-refractivity contribution is 5.93. The molecule has 5 heteroatoms. The number of carboxylic acids is 1. The zero-order valence-electron chi connectivity index (χ0n) is 8.69. The summed E-state index contributed by atoms with van der Waals surface area (Å²) in [5, 5.41) is 20.9. The number of aliphatic hydroxyl groups excluding tert-OH is 1. The molecule has 1 aromatic rings. The second-order valence-electron chi connectivity index (χ2n) is 3.89. The van der Waals surface area contributed by atoms with Crippen molar-refractivity contribution in [3.8, 4) is 0 Å². The van der Waals surface area contributed by atoms with Gasteiger partial charge in [-0.3, -0.25) is 4.98 Å². The molecule has 0 aromatic carbocycles. The second kappa shape index (κ2) is 4.27. The molecule has 0 bridgehead atoms. The molecular formula is C10H14N2O3. The van der Waals surface area contributed by atoms with Crippen molar-refractivity contribution in [3.05, 3.63) is 24.0 Å². The van der Waals surface area contributed by atoms with Crippen molar-refractivity contribution in [1.82, 2.24) is 4.98 Å². The largest absolute Gasteiger partial charge is 0.478 e. The Hall–Kier alpha value is -1.62. The number of rotatable bonds is 4. The van der Waals surface area contributed by atoms with Gasteiger partial charge < -0.3 is 15.5 Å². The summed E-state index contributed by atoms with van der Waals surface area (Å²) in [6, 6.07) is 1.41. The first-order valence-electron chi connectivity index (χ1n) is 4.52. The molecule has 0 radical (unpaired) electrons. The molecule has 82 valence electrons. The molecule has 0 atom stereocenters. The first-order valence-corrected chi connectivity index (χ1v) is 4.52. The van der Waals surface area contributed by atoms with E-state index < -0.39 is 11.5 Å². The number of hydrogen-bond donors (Lipinski definition) is 3. The van der Waals surface area contributed by atoms with Crippen LogP contribution in [0.5, 0.6) is 0 Å². The highest BCUT2D eigenvalue weighted by Crippen LogP contribution is 2.18. The van der Waals surface area contributed by atoms with Crippen molar-refractivity contribution >= 4 is 11.7 Å². The molecule has 0 saturated carbocycles. The lowest BCUT2D eigenvalue weighted by Gasteiger charge is -2.25. The lowest BCUT2D eigenvalue weighted by atomic mass is 10.1. The van der Waals surface area contributed by atoms with Crippen LogP contribution >= 0.6 is 0 Å². The average molecular weight is 210 g/mol. The van der Waals surface area contributed by atoms with Crippen LogP contribution < -0.4 is 5.32 Å². The van der Waals surface area contributed by atoms with Crippen LogP contribution in [-0.4, -0.2) is 33.3 Å². The zero-order valence-corrected chi connectivity index (χ0v) is 8.69. The van der Waals surface area contributed by atoms with Gasteiger partial charge >= 0.3 is 5.97 Å². The van der Waals surface area contributed by atoms with E-state index in [1.54, 1.807) is 13.8 Å². The van der Waals surface area contributed by atoms with Crippen molar-refractivity contribution < 1.29 is 15.0 Å². The van der Waals surface area contributed by atoms with Gasteiger partial charge in [0.25, 0.3) is 0 Å². The standard InChI is InChI=1S/C10H14N2O3/c1-10(2,6-13)12-8-5-11-4-3-7(8)9(14)15/h3-5,12-13H,6H2,1-2H3,(H,14,15). The number of aliphatic hydroxyl groups is 1. The SMILES string of the molecule is CC(C)(CO)Nc1cnccc1C(=O)O. The average Bonchev–Trinajstić information content (AvgIpc) is 2.18.